The lowest BCUT2D eigenvalue weighted by atomic mass is 9.87. The third-order valence-corrected chi connectivity index (χ3v) is 3.87. The fourth-order valence-corrected chi connectivity index (χ4v) is 2.94. The van der Waals surface area contributed by atoms with E-state index in [1.54, 1.807) is 6.26 Å². The quantitative estimate of drug-likeness (QED) is 0.819. The molecule has 2 nitrogen and oxygen atoms in total. The molecule has 0 bridgehead atoms. The molecule has 90 valence electrons. The molecular weight excluding hydrogens is 198 g/mol. The summed E-state index contributed by atoms with van der Waals surface area (Å²) in [5.41, 5.74) is 1.33. The molecule has 0 spiro atoms. The Bertz CT molecular complexity index is 294. The predicted molar refractivity (Wildman–Crippen MR) is 66.2 cm³/mol. The number of furan rings is 1. The maximum absolute atomic E-state index is 5.23. The molecule has 0 amide bonds. The third kappa shape index (κ3) is 2.49. The van der Waals surface area contributed by atoms with E-state index in [9.17, 15) is 0 Å². The van der Waals surface area contributed by atoms with Crippen molar-refractivity contribution >= 4 is 0 Å². The minimum absolute atomic E-state index is 0.496. The number of nitrogens with one attached hydrogen (secondary N) is 1. The van der Waals surface area contributed by atoms with Crippen molar-refractivity contribution in [1.29, 1.82) is 0 Å². The average molecular weight is 221 g/mol. The Hall–Kier alpha value is -0.760. The summed E-state index contributed by atoms with van der Waals surface area (Å²) in [5, 5.41) is 3.68. The first kappa shape index (κ1) is 11.7. The highest BCUT2D eigenvalue weighted by atomic mass is 16.3. The first-order chi connectivity index (χ1) is 7.83. The molecular formula is C14H23NO. The van der Waals surface area contributed by atoms with Gasteiger partial charge in [0.2, 0.25) is 0 Å². The highest BCUT2D eigenvalue weighted by molar-refractivity contribution is 5.13. The fourth-order valence-electron chi connectivity index (χ4n) is 2.94. The van der Waals surface area contributed by atoms with Gasteiger partial charge in [-0.25, -0.2) is 0 Å². The Morgan fingerprint density at radius 3 is 2.94 bits per heavy atom. The Kier molecular flexibility index (Phi) is 4.05. The summed E-state index contributed by atoms with van der Waals surface area (Å²) in [4.78, 5) is 0. The van der Waals surface area contributed by atoms with Gasteiger partial charge in [0, 0.05) is 11.6 Å². The van der Waals surface area contributed by atoms with Crippen molar-refractivity contribution < 1.29 is 4.42 Å². The van der Waals surface area contributed by atoms with E-state index >= 15 is 0 Å². The van der Waals surface area contributed by atoms with Gasteiger partial charge in [-0.05, 0) is 37.3 Å². The summed E-state index contributed by atoms with van der Waals surface area (Å²) < 4.78 is 5.23. The molecule has 2 heteroatoms. The van der Waals surface area contributed by atoms with E-state index in [0.717, 1.165) is 18.4 Å². The molecule has 1 aliphatic carbocycles. The zero-order chi connectivity index (χ0) is 11.4. The van der Waals surface area contributed by atoms with Crippen LogP contribution in [0.25, 0.3) is 0 Å². The van der Waals surface area contributed by atoms with Crippen LogP contribution in [0.3, 0.4) is 0 Å². The van der Waals surface area contributed by atoms with Crippen LogP contribution in [0.1, 0.15) is 51.1 Å². The summed E-state index contributed by atoms with van der Waals surface area (Å²) >= 11 is 0. The van der Waals surface area contributed by atoms with E-state index in [1.165, 1.54) is 31.2 Å². The maximum atomic E-state index is 5.23. The first-order valence-electron chi connectivity index (χ1n) is 6.58. The topological polar surface area (TPSA) is 25.2 Å². The molecule has 3 unspecified atom stereocenters. The van der Waals surface area contributed by atoms with Crippen LogP contribution in [-0.2, 0) is 0 Å². The normalized spacial score (nSPS) is 27.1. The van der Waals surface area contributed by atoms with E-state index in [1.807, 2.05) is 6.26 Å². The molecule has 1 N–H and O–H groups in total. The van der Waals surface area contributed by atoms with Crippen LogP contribution in [0, 0.1) is 11.8 Å². The molecule has 0 saturated heterocycles. The van der Waals surface area contributed by atoms with Gasteiger partial charge in [0.1, 0.15) is 0 Å². The van der Waals surface area contributed by atoms with E-state index in [2.05, 4.69) is 25.2 Å². The number of hydrogen-bond donors (Lipinski definition) is 1. The molecule has 3 atom stereocenters. The van der Waals surface area contributed by atoms with E-state index in [-0.39, 0.29) is 0 Å². The van der Waals surface area contributed by atoms with Crippen LogP contribution < -0.4 is 5.32 Å². The molecule has 1 aromatic rings. The van der Waals surface area contributed by atoms with E-state index in [4.69, 9.17) is 4.42 Å². The van der Waals surface area contributed by atoms with Gasteiger partial charge in [-0.3, -0.25) is 0 Å². The monoisotopic (exact) mass is 221 g/mol. The van der Waals surface area contributed by atoms with Crippen LogP contribution in [0.2, 0.25) is 0 Å². The molecule has 1 aromatic heterocycles. The second-order valence-corrected chi connectivity index (χ2v) is 5.06. The molecule has 0 aliphatic heterocycles. The summed E-state index contributed by atoms with van der Waals surface area (Å²) in [6.07, 6.45) is 9.00. The Morgan fingerprint density at radius 1 is 1.50 bits per heavy atom. The molecule has 16 heavy (non-hydrogen) atoms. The minimum atomic E-state index is 0.496. The predicted octanol–water partition coefficient (Wildman–Crippen LogP) is 3.76. The van der Waals surface area contributed by atoms with Crippen molar-refractivity contribution in [2.45, 2.75) is 45.6 Å². The highest BCUT2D eigenvalue weighted by Gasteiger charge is 2.31. The van der Waals surface area contributed by atoms with E-state index in [0.29, 0.717) is 6.04 Å². The molecule has 1 heterocycles. The Labute approximate surface area is 98.4 Å². The van der Waals surface area contributed by atoms with Crippen LogP contribution in [0.4, 0.5) is 0 Å². The standard InChI is InChI=1S/C14H23NO/c1-3-8-15-14(12-7-9-16-10-12)13-6-4-5-11(13)2/h7,9-11,13-15H,3-6,8H2,1-2H3. The second kappa shape index (κ2) is 5.53. The van der Waals surface area contributed by atoms with Gasteiger partial charge in [0.05, 0.1) is 12.5 Å². The Balaban J connectivity index is 2.08. The summed E-state index contributed by atoms with van der Waals surface area (Å²) in [5.74, 6) is 1.62. The van der Waals surface area contributed by atoms with Gasteiger partial charge in [-0.1, -0.05) is 26.7 Å². The third-order valence-electron chi connectivity index (χ3n) is 3.87. The minimum Gasteiger partial charge on any atom is -0.472 e. The van der Waals surface area contributed by atoms with Crippen molar-refractivity contribution in [3.05, 3.63) is 24.2 Å². The lowest BCUT2D eigenvalue weighted by Gasteiger charge is -2.27. The lowest BCUT2D eigenvalue weighted by molar-refractivity contribution is 0.300. The van der Waals surface area contributed by atoms with Gasteiger partial charge in [0.25, 0.3) is 0 Å². The average Bonchev–Trinajstić information content (AvgIpc) is 2.91. The molecule has 1 saturated carbocycles. The van der Waals surface area contributed by atoms with Gasteiger partial charge in [-0.15, -0.1) is 0 Å². The molecule has 1 fully saturated rings. The summed E-state index contributed by atoms with van der Waals surface area (Å²) in [7, 11) is 0. The second-order valence-electron chi connectivity index (χ2n) is 5.06. The van der Waals surface area contributed by atoms with Crippen LogP contribution in [0.5, 0.6) is 0 Å². The van der Waals surface area contributed by atoms with Crippen molar-refractivity contribution in [2.24, 2.45) is 11.8 Å². The number of hydrogen-bond acceptors (Lipinski definition) is 2. The molecule has 0 aromatic carbocycles. The summed E-state index contributed by atoms with van der Waals surface area (Å²) in [6.45, 7) is 5.70. The largest absolute Gasteiger partial charge is 0.472 e. The zero-order valence-electron chi connectivity index (χ0n) is 10.4. The smallest absolute Gasteiger partial charge is 0.0950 e. The van der Waals surface area contributed by atoms with Gasteiger partial charge in [-0.2, -0.15) is 0 Å². The van der Waals surface area contributed by atoms with Crippen LogP contribution in [0.15, 0.2) is 23.0 Å². The van der Waals surface area contributed by atoms with Crippen LogP contribution >= 0.6 is 0 Å². The number of rotatable bonds is 5. The molecule has 0 radical (unpaired) electrons. The maximum Gasteiger partial charge on any atom is 0.0950 e. The molecule has 2 rings (SSSR count). The van der Waals surface area contributed by atoms with Crippen LogP contribution in [-0.4, -0.2) is 6.54 Å². The SMILES string of the molecule is CCCNC(c1ccoc1)C1CCCC1C. The zero-order valence-corrected chi connectivity index (χ0v) is 10.4. The fraction of sp³-hybridized carbons (Fsp3) is 0.714. The lowest BCUT2D eigenvalue weighted by Crippen LogP contribution is -2.30. The van der Waals surface area contributed by atoms with Gasteiger partial charge in [0.15, 0.2) is 0 Å². The molecule has 1 aliphatic rings. The summed E-state index contributed by atoms with van der Waals surface area (Å²) in [6, 6.07) is 2.61. The van der Waals surface area contributed by atoms with Crippen molar-refractivity contribution in [1.82, 2.24) is 5.32 Å². The first-order valence-corrected chi connectivity index (χ1v) is 6.58. The Morgan fingerprint density at radius 2 is 2.38 bits per heavy atom. The van der Waals surface area contributed by atoms with Gasteiger partial charge >= 0.3 is 0 Å². The van der Waals surface area contributed by atoms with Crippen molar-refractivity contribution in [3.8, 4) is 0 Å². The van der Waals surface area contributed by atoms with E-state index < -0.39 is 0 Å². The van der Waals surface area contributed by atoms with Gasteiger partial charge < -0.3 is 9.73 Å². The van der Waals surface area contributed by atoms with Crippen molar-refractivity contribution in [3.63, 3.8) is 0 Å². The van der Waals surface area contributed by atoms with Crippen molar-refractivity contribution in [2.75, 3.05) is 6.54 Å². The highest BCUT2D eigenvalue weighted by Crippen LogP contribution is 2.40.